The fourth-order valence-corrected chi connectivity index (χ4v) is 7.03. The van der Waals surface area contributed by atoms with Gasteiger partial charge in [-0.25, -0.2) is 10.7 Å². The number of likely N-dealkylation sites (tertiary alicyclic amines) is 1. The molecule has 8 heteroatoms. The lowest BCUT2D eigenvalue weighted by molar-refractivity contribution is -0.215. The van der Waals surface area contributed by atoms with Gasteiger partial charge in [0.2, 0.25) is 5.91 Å². The van der Waals surface area contributed by atoms with Crippen LogP contribution in [0.1, 0.15) is 53.1 Å². The zero-order valence-corrected chi connectivity index (χ0v) is 25.6. The second-order valence-corrected chi connectivity index (χ2v) is 12.1. The van der Waals surface area contributed by atoms with Gasteiger partial charge in [0.1, 0.15) is 0 Å². The number of carbonyl (C=O) groups is 2. The molecule has 8 nitrogen and oxygen atoms in total. The largest absolute Gasteiger partial charge is 0.339 e. The Bertz CT molecular complexity index is 1360. The van der Waals surface area contributed by atoms with E-state index in [9.17, 15) is 9.59 Å². The number of carbonyl (C=O) groups excluding carboxylic acids is 2. The number of benzene rings is 3. The van der Waals surface area contributed by atoms with Gasteiger partial charge in [0.05, 0.1) is 12.1 Å². The highest BCUT2D eigenvalue weighted by atomic mass is 17.2. The molecule has 44 heavy (non-hydrogen) atoms. The Kier molecular flexibility index (Phi) is 10.8. The quantitative estimate of drug-likeness (QED) is 0.155. The van der Waals surface area contributed by atoms with Gasteiger partial charge in [-0.05, 0) is 72.9 Å². The first-order chi connectivity index (χ1) is 21.5. The average Bonchev–Trinajstić information content (AvgIpc) is 3.49. The maximum absolute atomic E-state index is 13.4. The highest BCUT2D eigenvalue weighted by Crippen LogP contribution is 2.42. The van der Waals surface area contributed by atoms with E-state index in [1.165, 1.54) is 5.56 Å². The molecule has 2 fully saturated rings. The molecule has 2 aliphatic rings. The van der Waals surface area contributed by atoms with Crippen molar-refractivity contribution < 1.29 is 19.8 Å². The van der Waals surface area contributed by atoms with Gasteiger partial charge < -0.3 is 14.7 Å². The number of nitrogens with zero attached hydrogens (tertiary/aromatic N) is 3. The van der Waals surface area contributed by atoms with E-state index in [0.29, 0.717) is 30.5 Å². The molecule has 232 valence electrons. The SMILES string of the molecule is C=CCN(C(=O)Cc1ccc(NOO)cc1)C1CCN(CC2CC(N(C)C(=O)c3ccccc3)CC2c2ccccc2)CC1. The van der Waals surface area contributed by atoms with Gasteiger partial charge in [0.15, 0.2) is 0 Å². The Labute approximate surface area is 260 Å². The second-order valence-electron chi connectivity index (χ2n) is 12.1. The molecular formula is C36H44N4O4. The van der Waals surface area contributed by atoms with Gasteiger partial charge >= 0.3 is 0 Å². The molecule has 0 spiro atoms. The predicted molar refractivity (Wildman–Crippen MR) is 173 cm³/mol. The summed E-state index contributed by atoms with van der Waals surface area (Å²) in [5.74, 6) is 1.03. The molecule has 5 rings (SSSR count). The number of hydrogen-bond acceptors (Lipinski definition) is 6. The number of piperidine rings is 1. The minimum Gasteiger partial charge on any atom is -0.339 e. The van der Waals surface area contributed by atoms with Gasteiger partial charge in [-0.2, -0.15) is 0 Å². The molecule has 1 saturated carbocycles. The lowest BCUT2D eigenvalue weighted by Crippen LogP contribution is -2.48. The Morgan fingerprint density at radius 3 is 2.25 bits per heavy atom. The van der Waals surface area contributed by atoms with Crippen LogP contribution in [-0.2, 0) is 16.2 Å². The van der Waals surface area contributed by atoms with Crippen molar-refractivity contribution in [2.45, 2.75) is 50.1 Å². The number of rotatable bonds is 12. The number of nitrogens with one attached hydrogen (secondary N) is 1. The predicted octanol–water partition coefficient (Wildman–Crippen LogP) is 5.86. The summed E-state index contributed by atoms with van der Waals surface area (Å²) in [6.45, 7) is 7.31. The highest BCUT2D eigenvalue weighted by Gasteiger charge is 2.40. The van der Waals surface area contributed by atoms with E-state index in [4.69, 9.17) is 5.26 Å². The molecular weight excluding hydrogens is 552 g/mol. The molecule has 1 saturated heterocycles. The molecule has 3 atom stereocenters. The molecule has 3 unspecified atom stereocenters. The summed E-state index contributed by atoms with van der Waals surface area (Å²) in [4.78, 5) is 37.1. The smallest absolute Gasteiger partial charge is 0.253 e. The lowest BCUT2D eigenvalue weighted by atomic mass is 9.88. The van der Waals surface area contributed by atoms with Crippen LogP contribution >= 0.6 is 0 Å². The van der Waals surface area contributed by atoms with Gasteiger partial charge in [0, 0.05) is 50.9 Å². The van der Waals surface area contributed by atoms with Crippen LogP contribution in [0, 0.1) is 5.92 Å². The molecule has 1 heterocycles. The summed E-state index contributed by atoms with van der Waals surface area (Å²) < 4.78 is 0. The van der Waals surface area contributed by atoms with Crippen molar-refractivity contribution in [1.82, 2.24) is 14.7 Å². The zero-order chi connectivity index (χ0) is 30.9. The molecule has 2 amide bonds. The Morgan fingerprint density at radius 2 is 1.61 bits per heavy atom. The van der Waals surface area contributed by atoms with Gasteiger partial charge in [-0.1, -0.05) is 66.7 Å². The number of anilines is 1. The third-order valence-electron chi connectivity index (χ3n) is 9.40. The molecule has 1 aliphatic carbocycles. The molecule has 1 aliphatic heterocycles. The number of hydrogen-bond donors (Lipinski definition) is 2. The first-order valence-electron chi connectivity index (χ1n) is 15.6. The van der Waals surface area contributed by atoms with E-state index in [-0.39, 0.29) is 23.9 Å². The van der Waals surface area contributed by atoms with E-state index in [2.05, 4.69) is 52.3 Å². The second kappa shape index (κ2) is 15.1. The van der Waals surface area contributed by atoms with Crippen LogP contribution in [-0.4, -0.2) is 77.1 Å². The summed E-state index contributed by atoms with van der Waals surface area (Å²) >= 11 is 0. The molecule has 0 bridgehead atoms. The van der Waals surface area contributed by atoms with Gasteiger partial charge in [-0.15, -0.1) is 11.6 Å². The van der Waals surface area contributed by atoms with Crippen molar-refractivity contribution in [2.75, 3.05) is 38.7 Å². The van der Waals surface area contributed by atoms with E-state index in [0.717, 1.165) is 56.4 Å². The van der Waals surface area contributed by atoms with E-state index >= 15 is 0 Å². The third-order valence-corrected chi connectivity index (χ3v) is 9.40. The summed E-state index contributed by atoms with van der Waals surface area (Å²) in [5.41, 5.74) is 5.97. The fourth-order valence-electron chi connectivity index (χ4n) is 7.03. The van der Waals surface area contributed by atoms with E-state index in [1.807, 2.05) is 65.4 Å². The van der Waals surface area contributed by atoms with E-state index in [1.54, 1.807) is 12.1 Å². The lowest BCUT2D eigenvalue weighted by Gasteiger charge is -2.39. The summed E-state index contributed by atoms with van der Waals surface area (Å²) in [6, 6.07) is 27.9. The van der Waals surface area contributed by atoms with Crippen molar-refractivity contribution in [2.24, 2.45) is 5.92 Å². The molecule has 0 radical (unpaired) electrons. The average molecular weight is 597 g/mol. The van der Waals surface area contributed by atoms with Crippen molar-refractivity contribution in [3.05, 3.63) is 114 Å². The monoisotopic (exact) mass is 596 g/mol. The summed E-state index contributed by atoms with van der Waals surface area (Å²) in [7, 11) is 1.95. The highest BCUT2D eigenvalue weighted by molar-refractivity contribution is 5.94. The zero-order valence-electron chi connectivity index (χ0n) is 25.6. The first-order valence-corrected chi connectivity index (χ1v) is 15.6. The minimum absolute atomic E-state index is 0.0858. The Balaban J connectivity index is 1.20. The van der Waals surface area contributed by atoms with Crippen LogP contribution in [0.5, 0.6) is 0 Å². The molecule has 2 N–H and O–H groups in total. The van der Waals surface area contributed by atoms with Gasteiger partial charge in [0.25, 0.3) is 5.91 Å². The maximum Gasteiger partial charge on any atom is 0.253 e. The maximum atomic E-state index is 13.4. The normalized spacial score (nSPS) is 20.6. The van der Waals surface area contributed by atoms with Crippen molar-refractivity contribution >= 4 is 17.5 Å². The van der Waals surface area contributed by atoms with Crippen molar-refractivity contribution in [3.8, 4) is 0 Å². The Morgan fingerprint density at radius 1 is 0.955 bits per heavy atom. The summed E-state index contributed by atoms with van der Waals surface area (Å²) in [6.07, 6.45) is 5.92. The van der Waals surface area contributed by atoms with Gasteiger partial charge in [-0.3, -0.25) is 9.59 Å². The number of amides is 2. The minimum atomic E-state index is 0.0858. The molecule has 0 aromatic heterocycles. The van der Waals surface area contributed by atoms with Crippen LogP contribution in [0.4, 0.5) is 5.69 Å². The third kappa shape index (κ3) is 7.75. The van der Waals surface area contributed by atoms with Crippen LogP contribution in [0.3, 0.4) is 0 Å². The fraction of sp³-hybridized carbons (Fsp3) is 0.389. The summed E-state index contributed by atoms with van der Waals surface area (Å²) in [5, 5.41) is 8.57. The van der Waals surface area contributed by atoms with Crippen molar-refractivity contribution in [1.29, 1.82) is 0 Å². The van der Waals surface area contributed by atoms with Crippen LogP contribution in [0.15, 0.2) is 97.6 Å². The van der Waals surface area contributed by atoms with Crippen LogP contribution in [0.25, 0.3) is 0 Å². The van der Waals surface area contributed by atoms with Crippen LogP contribution in [0.2, 0.25) is 0 Å². The van der Waals surface area contributed by atoms with Crippen LogP contribution < -0.4 is 5.48 Å². The van der Waals surface area contributed by atoms with Crippen molar-refractivity contribution in [3.63, 3.8) is 0 Å². The first kappa shape index (κ1) is 31.4. The topological polar surface area (TPSA) is 85.3 Å². The molecule has 3 aromatic carbocycles. The van der Waals surface area contributed by atoms with E-state index < -0.39 is 0 Å². The standard InChI is InChI=1S/C36H44N4O4/c1-3-20-40(35(41)23-27-14-16-31(17-15-27)37-44-43)32-18-21-39(22-19-32)26-30-24-33(25-34(30)28-10-6-4-7-11-28)38(2)36(42)29-12-8-5-9-13-29/h3-17,30,32-34,37,43H,1,18-26H2,2H3. The Hall–Kier alpha value is -3.98. The molecule has 3 aromatic rings.